The molecule has 0 amide bonds. The van der Waals surface area contributed by atoms with Gasteiger partial charge in [0.1, 0.15) is 11.6 Å². The molecule has 1 heterocycles. The zero-order valence-electron chi connectivity index (χ0n) is 8.35. The number of hydrogen-bond acceptors (Lipinski definition) is 2. The second kappa shape index (κ2) is 3.76. The first-order valence-electron chi connectivity index (χ1n) is 4.56. The lowest BCUT2D eigenvalue weighted by Crippen LogP contribution is -2.07. The summed E-state index contributed by atoms with van der Waals surface area (Å²) in [6, 6.07) is 4.74. The number of anilines is 1. The summed E-state index contributed by atoms with van der Waals surface area (Å²) in [4.78, 5) is 0. The Balaban J connectivity index is 2.63. The van der Waals surface area contributed by atoms with Crippen LogP contribution >= 0.6 is 0 Å². The third-order valence-corrected chi connectivity index (χ3v) is 2.18. The van der Waals surface area contributed by atoms with Crippen LogP contribution in [-0.2, 0) is 6.18 Å². The van der Waals surface area contributed by atoms with Gasteiger partial charge in [0.2, 0.25) is 0 Å². The van der Waals surface area contributed by atoms with Crippen LogP contribution in [0.2, 0.25) is 0 Å². The predicted molar refractivity (Wildman–Crippen MR) is 53.4 cm³/mol. The first kappa shape index (κ1) is 11.4. The van der Waals surface area contributed by atoms with Gasteiger partial charge in [-0.25, -0.2) is 4.39 Å². The van der Waals surface area contributed by atoms with Crippen LogP contribution in [0, 0.1) is 5.82 Å². The van der Waals surface area contributed by atoms with E-state index in [0.717, 1.165) is 12.1 Å². The highest BCUT2D eigenvalue weighted by atomic mass is 19.4. The van der Waals surface area contributed by atoms with E-state index >= 15 is 0 Å². The molecule has 0 radical (unpaired) electrons. The molecule has 2 rings (SSSR count). The fourth-order valence-corrected chi connectivity index (χ4v) is 1.50. The molecule has 2 aromatic rings. The van der Waals surface area contributed by atoms with E-state index in [-0.39, 0.29) is 16.9 Å². The number of halogens is 4. The third-order valence-electron chi connectivity index (χ3n) is 2.18. The fraction of sp³-hybridized carbons (Fsp3) is 0.100. The number of nitrogens with one attached hydrogen (secondary N) is 1. The average Bonchev–Trinajstić information content (AvgIpc) is 2.59. The number of benzene rings is 1. The lowest BCUT2D eigenvalue weighted by atomic mass is 10.1. The van der Waals surface area contributed by atoms with Gasteiger partial charge in [-0.3, -0.25) is 5.10 Å². The molecule has 1 aromatic heterocycles. The van der Waals surface area contributed by atoms with Crippen molar-refractivity contribution in [1.82, 2.24) is 10.2 Å². The molecular formula is C10H7F4N3. The highest BCUT2D eigenvalue weighted by molar-refractivity contribution is 5.76. The first-order chi connectivity index (χ1) is 7.89. The first-order valence-corrected chi connectivity index (χ1v) is 4.56. The minimum absolute atomic E-state index is 0.0311. The molecule has 1 aromatic carbocycles. The third kappa shape index (κ3) is 2.08. The predicted octanol–water partition coefficient (Wildman–Crippen LogP) is 2.82. The Morgan fingerprint density at radius 1 is 1.24 bits per heavy atom. The molecule has 7 heteroatoms. The quantitative estimate of drug-likeness (QED) is 0.759. The van der Waals surface area contributed by atoms with Gasteiger partial charge in [-0.1, -0.05) is 12.1 Å². The summed E-state index contributed by atoms with van der Waals surface area (Å²) in [7, 11) is 0. The number of alkyl halides is 3. The zero-order chi connectivity index (χ0) is 12.6. The minimum atomic E-state index is -4.64. The van der Waals surface area contributed by atoms with Crippen LogP contribution in [0.4, 0.5) is 23.4 Å². The van der Waals surface area contributed by atoms with Gasteiger partial charge in [-0.2, -0.15) is 18.3 Å². The van der Waals surface area contributed by atoms with Gasteiger partial charge in [0.25, 0.3) is 0 Å². The number of H-pyrrole nitrogens is 1. The Kier molecular flexibility index (Phi) is 2.53. The number of aromatic nitrogens is 2. The Morgan fingerprint density at radius 2 is 1.94 bits per heavy atom. The molecule has 0 aliphatic heterocycles. The Labute approximate surface area is 93.3 Å². The maximum atomic E-state index is 13.0. The van der Waals surface area contributed by atoms with Gasteiger partial charge in [0.15, 0.2) is 5.69 Å². The minimum Gasteiger partial charge on any atom is -0.384 e. The molecule has 17 heavy (non-hydrogen) atoms. The van der Waals surface area contributed by atoms with Crippen molar-refractivity contribution in [3.05, 3.63) is 35.8 Å². The van der Waals surface area contributed by atoms with E-state index in [0.29, 0.717) is 0 Å². The smallest absolute Gasteiger partial charge is 0.384 e. The number of nitrogens with zero attached hydrogens (tertiary/aromatic N) is 1. The number of nitrogen functional groups attached to an aromatic ring is 1. The Morgan fingerprint density at radius 3 is 2.53 bits per heavy atom. The molecule has 0 aliphatic carbocycles. The van der Waals surface area contributed by atoms with Crippen LogP contribution in [0.5, 0.6) is 0 Å². The van der Waals surface area contributed by atoms with Crippen LogP contribution in [-0.4, -0.2) is 10.2 Å². The maximum Gasteiger partial charge on any atom is 0.435 e. The van der Waals surface area contributed by atoms with E-state index in [4.69, 9.17) is 5.73 Å². The van der Waals surface area contributed by atoms with Crippen LogP contribution in [0.15, 0.2) is 24.3 Å². The summed E-state index contributed by atoms with van der Waals surface area (Å²) < 4.78 is 50.8. The van der Waals surface area contributed by atoms with Gasteiger partial charge in [-0.15, -0.1) is 0 Å². The molecule has 3 N–H and O–H groups in total. The molecular weight excluding hydrogens is 238 g/mol. The molecule has 0 saturated carbocycles. The molecule has 0 unspecified atom stereocenters. The monoisotopic (exact) mass is 245 g/mol. The summed E-state index contributed by atoms with van der Waals surface area (Å²) in [6.45, 7) is 0. The number of rotatable bonds is 1. The highest BCUT2D eigenvalue weighted by Crippen LogP contribution is 2.38. The lowest BCUT2D eigenvalue weighted by molar-refractivity contribution is -0.140. The highest BCUT2D eigenvalue weighted by Gasteiger charge is 2.38. The Bertz CT molecular complexity index is 545. The van der Waals surface area contributed by atoms with Crippen LogP contribution in [0.3, 0.4) is 0 Å². The van der Waals surface area contributed by atoms with E-state index in [2.05, 4.69) is 5.10 Å². The van der Waals surface area contributed by atoms with Crippen molar-refractivity contribution < 1.29 is 17.6 Å². The normalized spacial score (nSPS) is 11.8. The summed E-state index contributed by atoms with van der Waals surface area (Å²) in [6.07, 6.45) is -4.64. The van der Waals surface area contributed by atoms with Crippen molar-refractivity contribution >= 4 is 5.82 Å². The van der Waals surface area contributed by atoms with Gasteiger partial charge in [0, 0.05) is 0 Å². The second-order valence-corrected chi connectivity index (χ2v) is 3.37. The van der Waals surface area contributed by atoms with Crippen molar-refractivity contribution in [3.63, 3.8) is 0 Å². The number of nitrogens with two attached hydrogens (primary N) is 1. The van der Waals surface area contributed by atoms with Crippen molar-refractivity contribution in [2.75, 3.05) is 5.73 Å². The molecule has 0 bridgehead atoms. The summed E-state index contributed by atoms with van der Waals surface area (Å²) >= 11 is 0. The summed E-state index contributed by atoms with van der Waals surface area (Å²) in [5.74, 6) is -0.890. The summed E-state index contributed by atoms with van der Waals surface area (Å²) in [5.41, 5.74) is 3.92. The number of aromatic amines is 1. The van der Waals surface area contributed by atoms with Gasteiger partial charge < -0.3 is 5.73 Å². The molecule has 0 aliphatic rings. The molecule has 3 nitrogen and oxygen atoms in total. The van der Waals surface area contributed by atoms with Crippen molar-refractivity contribution in [2.45, 2.75) is 6.18 Å². The molecule has 0 saturated heterocycles. The SMILES string of the molecule is Nc1[nH]nc(C(F)(F)F)c1-c1cccc(F)c1. The summed E-state index contributed by atoms with van der Waals surface area (Å²) in [5, 5.41) is 5.14. The van der Waals surface area contributed by atoms with Gasteiger partial charge in [0.05, 0.1) is 5.56 Å². The van der Waals surface area contributed by atoms with Crippen molar-refractivity contribution in [2.24, 2.45) is 0 Å². The van der Waals surface area contributed by atoms with Crippen LogP contribution in [0.1, 0.15) is 5.69 Å². The standard InChI is InChI=1S/C10H7F4N3/c11-6-3-1-2-5(4-6)7-8(10(12,13)14)16-17-9(7)15/h1-4H,(H3,15,16,17). The van der Waals surface area contributed by atoms with E-state index in [9.17, 15) is 17.6 Å². The molecule has 0 spiro atoms. The molecule has 0 fully saturated rings. The van der Waals surface area contributed by atoms with E-state index < -0.39 is 17.7 Å². The van der Waals surface area contributed by atoms with Crippen LogP contribution < -0.4 is 5.73 Å². The lowest BCUT2D eigenvalue weighted by Gasteiger charge is -2.07. The fourth-order valence-electron chi connectivity index (χ4n) is 1.50. The zero-order valence-corrected chi connectivity index (χ0v) is 8.35. The largest absolute Gasteiger partial charge is 0.435 e. The maximum absolute atomic E-state index is 13.0. The van der Waals surface area contributed by atoms with Gasteiger partial charge >= 0.3 is 6.18 Å². The topological polar surface area (TPSA) is 54.7 Å². The van der Waals surface area contributed by atoms with Crippen LogP contribution in [0.25, 0.3) is 11.1 Å². The molecule has 0 atom stereocenters. The van der Waals surface area contributed by atoms with Gasteiger partial charge in [-0.05, 0) is 17.7 Å². The second-order valence-electron chi connectivity index (χ2n) is 3.37. The van der Waals surface area contributed by atoms with E-state index in [1.54, 1.807) is 0 Å². The number of hydrogen-bond donors (Lipinski definition) is 2. The average molecular weight is 245 g/mol. The van der Waals surface area contributed by atoms with Crippen molar-refractivity contribution in [3.8, 4) is 11.1 Å². The Hall–Kier alpha value is -2.05. The molecule has 90 valence electrons. The van der Waals surface area contributed by atoms with E-state index in [1.165, 1.54) is 12.1 Å². The van der Waals surface area contributed by atoms with Crippen molar-refractivity contribution in [1.29, 1.82) is 0 Å². The van der Waals surface area contributed by atoms with E-state index in [1.807, 2.05) is 5.10 Å².